The minimum absolute atomic E-state index is 0.767. The van der Waals surface area contributed by atoms with E-state index in [4.69, 9.17) is 52.1 Å². The summed E-state index contributed by atoms with van der Waals surface area (Å²) in [7, 11) is 0. The Kier molecular flexibility index (Phi) is 24.9. The molecular formula is C47H78N4O34. The number of carboxylic acids is 1. The number of hydrogen-bond acceptors (Lipinski definition) is 33. The number of rotatable bonds is 23. The fraction of sp³-hybridized carbons (Fsp3) is 0.894. The van der Waals surface area contributed by atoms with E-state index in [0.29, 0.717) is 0 Å². The van der Waals surface area contributed by atoms with Crippen LogP contribution in [-0.4, -0.2) is 351 Å². The van der Waals surface area contributed by atoms with Gasteiger partial charge in [-0.15, -0.1) is 0 Å². The summed E-state index contributed by atoms with van der Waals surface area (Å²) in [6.07, 6.45) is -54.7. The fourth-order valence-corrected chi connectivity index (χ4v) is 10.7. The van der Waals surface area contributed by atoms with E-state index in [2.05, 4.69) is 21.3 Å². The summed E-state index contributed by atoms with van der Waals surface area (Å²) in [6.45, 7) is -2.38. The topological polar surface area (TPSA) is 599 Å². The molecular weight excluding hydrogens is 1160 g/mol. The third-order valence-electron chi connectivity index (χ3n) is 15.0. The molecule has 6 rings (SSSR count). The number of aliphatic carboxylic acids is 1. The quantitative estimate of drug-likeness (QED) is 0.0452. The SMILES string of the molecule is CC(=O)N[C@@H]1[C@@H](O[C@@H]2O[C@H](CO)[C@H](O[C@@H]3O[C@H](CO)[C@H](O)[C@H](O)[C@H]3O)[C@H](O[C@]3(C(=O)O)C[C@H](O)[C@@H](NC(C)=O)[C@H]([C@H](O)[C@H](O)CO)O3)[C@H]2O)[C@@H](O)[C@@H](CO[C@@H]2O[C@H](CO)[C@@H](O)[C@H](O[C@@H]3O[C@H](CO)[C@@H](O)[C@H](O)[C@H]3NC(C)=O)[C@H]2NC(C)=O)O[C@@H]1O. The number of carboxylic acid groups (broad SMARTS) is 1. The van der Waals surface area contributed by atoms with Crippen molar-refractivity contribution in [2.45, 2.75) is 224 Å². The first-order valence-corrected chi connectivity index (χ1v) is 26.7. The van der Waals surface area contributed by atoms with Crippen LogP contribution < -0.4 is 21.3 Å². The Balaban J connectivity index is 1.35. The van der Waals surface area contributed by atoms with E-state index >= 15 is 0 Å². The normalized spacial score (nSPS) is 45.0. The molecule has 0 aromatic rings. The molecule has 6 aliphatic rings. The van der Waals surface area contributed by atoms with Crippen molar-refractivity contribution in [3.8, 4) is 0 Å². The van der Waals surface area contributed by atoms with E-state index in [-0.39, 0.29) is 0 Å². The van der Waals surface area contributed by atoms with Gasteiger partial charge in [0.15, 0.2) is 31.5 Å². The molecule has 0 aliphatic carbocycles. The predicted octanol–water partition coefficient (Wildman–Crippen LogP) is -14.3. The molecule has 6 saturated heterocycles. The van der Waals surface area contributed by atoms with Crippen LogP contribution in [0.15, 0.2) is 0 Å². The highest BCUT2D eigenvalue weighted by atomic mass is 16.8. The Bertz CT molecular complexity index is 2210. The number of nitrogens with one attached hydrogen (secondary N) is 4. The minimum Gasteiger partial charge on any atom is -0.477 e. The van der Waals surface area contributed by atoms with Gasteiger partial charge in [-0.25, -0.2) is 4.79 Å². The maximum absolute atomic E-state index is 13.5. The lowest BCUT2D eigenvalue weighted by Gasteiger charge is -2.52. The molecule has 31 atom stereocenters. The Morgan fingerprint density at radius 2 is 0.929 bits per heavy atom. The van der Waals surface area contributed by atoms with Crippen molar-refractivity contribution >= 4 is 29.6 Å². The summed E-state index contributed by atoms with van der Waals surface area (Å²) >= 11 is 0. The largest absolute Gasteiger partial charge is 0.477 e. The predicted molar refractivity (Wildman–Crippen MR) is 263 cm³/mol. The molecule has 6 fully saturated rings. The number of hydrogen-bond donors (Lipinski definition) is 22. The van der Waals surface area contributed by atoms with Crippen LogP contribution in [0.1, 0.15) is 34.1 Å². The number of ether oxygens (including phenoxy) is 11. The molecule has 38 heteroatoms. The maximum atomic E-state index is 13.5. The molecule has 85 heavy (non-hydrogen) atoms. The Morgan fingerprint density at radius 3 is 1.48 bits per heavy atom. The molecule has 0 aromatic carbocycles. The zero-order valence-electron chi connectivity index (χ0n) is 45.9. The van der Waals surface area contributed by atoms with Gasteiger partial charge in [-0.1, -0.05) is 0 Å². The van der Waals surface area contributed by atoms with Gasteiger partial charge in [-0.2, -0.15) is 0 Å². The highest BCUT2D eigenvalue weighted by Gasteiger charge is 2.62. The minimum atomic E-state index is -3.37. The summed E-state index contributed by atoms with van der Waals surface area (Å²) in [5.41, 5.74) is 0. The lowest BCUT2D eigenvalue weighted by molar-refractivity contribution is -0.401. The van der Waals surface area contributed by atoms with Gasteiger partial charge in [0.2, 0.25) is 23.6 Å². The van der Waals surface area contributed by atoms with Crippen LogP contribution in [0.2, 0.25) is 0 Å². The zero-order chi connectivity index (χ0) is 63.3. The van der Waals surface area contributed by atoms with Gasteiger partial charge in [-0.3, -0.25) is 19.2 Å². The number of amides is 4. The Hall–Kier alpha value is -3.77. The van der Waals surface area contributed by atoms with Crippen molar-refractivity contribution in [1.29, 1.82) is 0 Å². The molecule has 490 valence electrons. The van der Waals surface area contributed by atoms with Crippen molar-refractivity contribution in [3.63, 3.8) is 0 Å². The van der Waals surface area contributed by atoms with Gasteiger partial charge in [0, 0.05) is 34.1 Å². The molecule has 0 saturated carbocycles. The molecule has 38 nitrogen and oxygen atoms in total. The number of carbonyl (C=O) groups excluding carboxylic acids is 4. The van der Waals surface area contributed by atoms with Crippen LogP contribution >= 0.6 is 0 Å². The van der Waals surface area contributed by atoms with Crippen LogP contribution in [-0.2, 0) is 76.1 Å². The lowest BCUT2D eigenvalue weighted by Crippen LogP contribution is -2.72. The van der Waals surface area contributed by atoms with Crippen molar-refractivity contribution in [2.75, 3.05) is 39.6 Å². The number of aliphatic hydroxyl groups excluding tert-OH is 17. The molecule has 0 spiro atoms. The van der Waals surface area contributed by atoms with Gasteiger partial charge < -0.3 is 165 Å². The fourth-order valence-electron chi connectivity index (χ4n) is 10.7. The van der Waals surface area contributed by atoms with Crippen molar-refractivity contribution < 1.29 is 168 Å². The van der Waals surface area contributed by atoms with Crippen LogP contribution in [0.25, 0.3) is 0 Å². The summed E-state index contributed by atoms with van der Waals surface area (Å²) < 4.78 is 64.2. The van der Waals surface area contributed by atoms with Gasteiger partial charge in [0.05, 0.1) is 51.8 Å². The van der Waals surface area contributed by atoms with E-state index in [0.717, 1.165) is 27.7 Å². The van der Waals surface area contributed by atoms with Crippen molar-refractivity contribution in [1.82, 2.24) is 21.3 Å². The highest BCUT2D eigenvalue weighted by molar-refractivity contribution is 5.77. The second kappa shape index (κ2) is 30.2. The average molecular weight is 1240 g/mol. The second-order valence-electron chi connectivity index (χ2n) is 21.2. The summed E-state index contributed by atoms with van der Waals surface area (Å²) in [4.78, 5) is 63.4. The summed E-state index contributed by atoms with van der Waals surface area (Å²) in [5.74, 6) is -8.95. The van der Waals surface area contributed by atoms with Gasteiger partial charge >= 0.3 is 5.97 Å². The molecule has 6 heterocycles. The van der Waals surface area contributed by atoms with E-state index in [1.54, 1.807) is 0 Å². The molecule has 4 amide bonds. The van der Waals surface area contributed by atoms with Crippen LogP contribution in [0, 0.1) is 0 Å². The van der Waals surface area contributed by atoms with Crippen molar-refractivity contribution in [3.05, 3.63) is 0 Å². The highest BCUT2D eigenvalue weighted by Crippen LogP contribution is 2.41. The number of aliphatic hydroxyl groups is 17. The monoisotopic (exact) mass is 1240 g/mol. The van der Waals surface area contributed by atoms with E-state index < -0.39 is 265 Å². The third kappa shape index (κ3) is 15.8. The molecule has 22 N–H and O–H groups in total. The van der Waals surface area contributed by atoms with Gasteiger partial charge in [0.1, 0.15) is 140 Å². The van der Waals surface area contributed by atoms with Crippen LogP contribution in [0.4, 0.5) is 0 Å². The third-order valence-corrected chi connectivity index (χ3v) is 15.0. The molecule has 0 bridgehead atoms. The van der Waals surface area contributed by atoms with E-state index in [1.807, 2.05) is 0 Å². The van der Waals surface area contributed by atoms with Gasteiger partial charge in [-0.05, 0) is 0 Å². The zero-order valence-corrected chi connectivity index (χ0v) is 45.9. The molecule has 0 aromatic heterocycles. The van der Waals surface area contributed by atoms with Crippen LogP contribution in [0.3, 0.4) is 0 Å². The summed E-state index contributed by atoms with van der Waals surface area (Å²) in [5, 5.41) is 205. The molecule has 0 unspecified atom stereocenters. The first-order valence-electron chi connectivity index (χ1n) is 26.7. The van der Waals surface area contributed by atoms with E-state index in [1.165, 1.54) is 0 Å². The number of carbonyl (C=O) groups is 5. The van der Waals surface area contributed by atoms with E-state index in [9.17, 15) is 116 Å². The molecule has 0 radical (unpaired) electrons. The Morgan fingerprint density at radius 1 is 0.482 bits per heavy atom. The van der Waals surface area contributed by atoms with Crippen LogP contribution in [0.5, 0.6) is 0 Å². The maximum Gasteiger partial charge on any atom is 0.364 e. The Labute approximate surface area is 481 Å². The smallest absolute Gasteiger partial charge is 0.364 e. The standard InChI is InChI=1S/C47H78N4O34/c1-12(57)48-23-16(61)5-47(46(73)74,84-39(23)27(63)17(62)6-52)85-40-35(71)45(80-21(10-56)36(40)81-44-34(70)33(69)29(65)19(8-54)79-44)83-37-25(50-14(3)59)41(72)76-22(31(37)67)11-75-42-26(51-15(4)60)38(30(66)20(9-55)77-42)82-43-24(49-13(2)58)32(68)28(64)18(7-53)78-43/h16-45,52-56,61-72H,5-11H2,1-4H3,(H,48,57)(H,49,58)(H,50,59)(H,51,60)(H,73,74)/t16-,17+,18+,19+,20+,21+,22+,23+,24+,25+,26+,27+,28+,29-,30+,31-,32+,33-,34+,35+,36-,37+,38+,39+,40+,41-,42+,43-,44-,45-,47-/m0/s1. The first-order chi connectivity index (χ1) is 40.0. The van der Waals surface area contributed by atoms with Gasteiger partial charge in [0.25, 0.3) is 5.79 Å². The first kappa shape index (κ1) is 70.3. The summed E-state index contributed by atoms with van der Waals surface area (Å²) in [6, 6.07) is -6.95. The average Bonchev–Trinajstić information content (AvgIpc) is 2.10. The van der Waals surface area contributed by atoms with Crippen molar-refractivity contribution in [2.24, 2.45) is 0 Å². The second-order valence-corrected chi connectivity index (χ2v) is 21.2. The molecule has 6 aliphatic heterocycles. The lowest BCUT2D eigenvalue weighted by atomic mass is 9.88.